The lowest BCUT2D eigenvalue weighted by molar-refractivity contribution is -0.108. The molecular formula is C7H8N2O3. The van der Waals surface area contributed by atoms with E-state index in [-0.39, 0.29) is 6.42 Å². The quantitative estimate of drug-likeness (QED) is 0.596. The van der Waals surface area contributed by atoms with Crippen LogP contribution < -0.4 is 11.2 Å². The number of nitrogens with zero attached hydrogens (tertiary/aromatic N) is 1. The smallest absolute Gasteiger partial charge is 0.303 e. The summed E-state index contributed by atoms with van der Waals surface area (Å²) < 4.78 is 1.27. The zero-order valence-corrected chi connectivity index (χ0v) is 6.32. The monoisotopic (exact) mass is 168 g/mol. The molecule has 1 N–H and O–H groups in total. The fourth-order valence-corrected chi connectivity index (χ4v) is 0.812. The highest BCUT2D eigenvalue weighted by Crippen LogP contribution is 1.79. The summed E-state index contributed by atoms with van der Waals surface area (Å²) in [7, 11) is 0. The summed E-state index contributed by atoms with van der Waals surface area (Å²) in [4.78, 5) is 33.6. The molecular weight excluding hydrogens is 160 g/mol. The van der Waals surface area contributed by atoms with Crippen molar-refractivity contribution in [1.29, 1.82) is 0 Å². The number of aromatic nitrogens is 2. The van der Waals surface area contributed by atoms with Gasteiger partial charge in [0.25, 0.3) is 5.56 Å². The van der Waals surface area contributed by atoms with Gasteiger partial charge in [0.1, 0.15) is 6.29 Å². The van der Waals surface area contributed by atoms with Crippen LogP contribution in [-0.4, -0.2) is 15.8 Å². The topological polar surface area (TPSA) is 71.9 Å². The first kappa shape index (κ1) is 8.45. The van der Waals surface area contributed by atoms with Crippen LogP contribution in [0.25, 0.3) is 0 Å². The minimum atomic E-state index is -0.482. The Hall–Kier alpha value is -1.65. The number of aryl methyl sites for hydroxylation is 1. The molecule has 64 valence electrons. The van der Waals surface area contributed by atoms with Crippen LogP contribution in [-0.2, 0) is 11.3 Å². The number of carbonyl (C=O) groups excluding carboxylic acids is 1. The molecule has 0 radical (unpaired) electrons. The summed E-state index contributed by atoms with van der Waals surface area (Å²) >= 11 is 0. The molecule has 0 fully saturated rings. The maximum absolute atomic E-state index is 10.9. The van der Waals surface area contributed by atoms with Crippen molar-refractivity contribution in [2.45, 2.75) is 13.0 Å². The molecule has 0 aliphatic rings. The van der Waals surface area contributed by atoms with E-state index in [0.717, 1.165) is 6.29 Å². The van der Waals surface area contributed by atoms with Crippen LogP contribution in [0.2, 0.25) is 0 Å². The molecule has 0 aromatic carbocycles. The summed E-state index contributed by atoms with van der Waals surface area (Å²) in [6, 6.07) is 1.24. The average Bonchev–Trinajstić information content (AvgIpc) is 2.03. The lowest BCUT2D eigenvalue weighted by atomic mass is 10.4. The van der Waals surface area contributed by atoms with Gasteiger partial charge in [-0.3, -0.25) is 9.78 Å². The van der Waals surface area contributed by atoms with Gasteiger partial charge in [0.15, 0.2) is 0 Å². The summed E-state index contributed by atoms with van der Waals surface area (Å²) in [6.07, 6.45) is 2.36. The fraction of sp³-hybridized carbons (Fsp3) is 0.286. The van der Waals surface area contributed by atoms with Gasteiger partial charge in [-0.2, -0.15) is 0 Å². The first-order valence-electron chi connectivity index (χ1n) is 3.47. The van der Waals surface area contributed by atoms with Gasteiger partial charge in [0.05, 0.1) is 0 Å². The van der Waals surface area contributed by atoms with E-state index in [2.05, 4.69) is 4.98 Å². The molecule has 0 aliphatic carbocycles. The molecule has 1 aromatic heterocycles. The van der Waals surface area contributed by atoms with Crippen molar-refractivity contribution in [1.82, 2.24) is 9.55 Å². The van der Waals surface area contributed by atoms with Gasteiger partial charge in [0, 0.05) is 25.2 Å². The molecule has 5 heteroatoms. The average molecular weight is 168 g/mol. The van der Waals surface area contributed by atoms with Gasteiger partial charge in [-0.15, -0.1) is 0 Å². The van der Waals surface area contributed by atoms with Crippen LogP contribution in [0.4, 0.5) is 0 Å². The number of nitrogens with one attached hydrogen (secondary N) is 1. The molecule has 0 aliphatic heterocycles. The van der Waals surface area contributed by atoms with E-state index in [1.807, 2.05) is 0 Å². The second-order valence-electron chi connectivity index (χ2n) is 2.26. The number of aromatic amines is 1. The Kier molecular flexibility index (Phi) is 2.57. The second-order valence-corrected chi connectivity index (χ2v) is 2.26. The van der Waals surface area contributed by atoms with Crippen LogP contribution >= 0.6 is 0 Å². The Bertz CT molecular complexity index is 377. The minimum Gasteiger partial charge on any atom is -0.303 e. The third-order valence-corrected chi connectivity index (χ3v) is 1.38. The number of H-pyrrole nitrogens is 1. The van der Waals surface area contributed by atoms with E-state index < -0.39 is 11.2 Å². The molecule has 0 bridgehead atoms. The molecule has 0 amide bonds. The molecule has 0 saturated carbocycles. The van der Waals surface area contributed by atoms with Crippen molar-refractivity contribution < 1.29 is 4.79 Å². The Balaban J connectivity index is 2.94. The van der Waals surface area contributed by atoms with E-state index in [0.29, 0.717) is 6.54 Å². The molecule has 0 unspecified atom stereocenters. The predicted molar refractivity (Wildman–Crippen MR) is 42.0 cm³/mol. The lowest BCUT2D eigenvalue weighted by Crippen LogP contribution is -2.28. The largest absolute Gasteiger partial charge is 0.328 e. The Morgan fingerprint density at radius 2 is 2.25 bits per heavy atom. The molecule has 12 heavy (non-hydrogen) atoms. The van der Waals surface area contributed by atoms with Crippen molar-refractivity contribution in [3.05, 3.63) is 33.1 Å². The van der Waals surface area contributed by atoms with Crippen molar-refractivity contribution in [3.8, 4) is 0 Å². The highest BCUT2D eigenvalue weighted by molar-refractivity contribution is 5.48. The normalized spacial score (nSPS) is 9.67. The number of rotatable bonds is 3. The lowest BCUT2D eigenvalue weighted by Gasteiger charge is -1.98. The van der Waals surface area contributed by atoms with Crippen LogP contribution in [0.5, 0.6) is 0 Å². The molecule has 5 nitrogen and oxygen atoms in total. The highest BCUT2D eigenvalue weighted by Gasteiger charge is 1.93. The highest BCUT2D eigenvalue weighted by atomic mass is 16.2. The van der Waals surface area contributed by atoms with Crippen molar-refractivity contribution in [3.63, 3.8) is 0 Å². The predicted octanol–water partition coefficient (Wildman–Crippen LogP) is -0.874. The summed E-state index contributed by atoms with van der Waals surface area (Å²) in [6.45, 7) is 0.305. The number of aldehydes is 1. The van der Waals surface area contributed by atoms with Gasteiger partial charge in [0.2, 0.25) is 0 Å². The third kappa shape index (κ3) is 1.91. The van der Waals surface area contributed by atoms with Crippen molar-refractivity contribution in [2.24, 2.45) is 0 Å². The summed E-state index contributed by atoms with van der Waals surface area (Å²) in [5.41, 5.74) is -0.910. The fourth-order valence-electron chi connectivity index (χ4n) is 0.812. The maximum Gasteiger partial charge on any atom is 0.328 e. The molecule has 0 spiro atoms. The van der Waals surface area contributed by atoms with E-state index in [9.17, 15) is 14.4 Å². The van der Waals surface area contributed by atoms with Crippen LogP contribution in [0, 0.1) is 0 Å². The standard InChI is InChI=1S/C7H8N2O3/c10-5-1-3-9-4-2-6(11)8-7(9)12/h2,4-5H,1,3H2,(H,8,11,12). The second kappa shape index (κ2) is 3.66. The first-order chi connectivity index (χ1) is 5.74. The zero-order chi connectivity index (χ0) is 8.97. The summed E-state index contributed by atoms with van der Waals surface area (Å²) in [5, 5.41) is 0. The van der Waals surface area contributed by atoms with Gasteiger partial charge < -0.3 is 9.36 Å². The van der Waals surface area contributed by atoms with Gasteiger partial charge in [-0.1, -0.05) is 0 Å². The zero-order valence-electron chi connectivity index (χ0n) is 6.32. The van der Waals surface area contributed by atoms with Crippen LogP contribution in [0.1, 0.15) is 6.42 Å². The van der Waals surface area contributed by atoms with Crippen molar-refractivity contribution >= 4 is 6.29 Å². The molecule has 1 aromatic rings. The van der Waals surface area contributed by atoms with E-state index in [1.54, 1.807) is 0 Å². The summed E-state index contributed by atoms with van der Waals surface area (Å²) in [5.74, 6) is 0. The van der Waals surface area contributed by atoms with E-state index in [4.69, 9.17) is 0 Å². The maximum atomic E-state index is 10.9. The molecule has 1 heterocycles. The SMILES string of the molecule is O=CCCn1ccc(=O)[nH]c1=O. The number of carbonyl (C=O) groups is 1. The van der Waals surface area contributed by atoms with E-state index in [1.165, 1.54) is 16.8 Å². The Morgan fingerprint density at radius 3 is 2.83 bits per heavy atom. The molecule has 0 atom stereocenters. The Morgan fingerprint density at radius 1 is 1.50 bits per heavy atom. The number of hydrogen-bond acceptors (Lipinski definition) is 3. The minimum absolute atomic E-state index is 0.270. The van der Waals surface area contributed by atoms with Crippen LogP contribution in [0.3, 0.4) is 0 Å². The third-order valence-electron chi connectivity index (χ3n) is 1.38. The molecule has 0 saturated heterocycles. The van der Waals surface area contributed by atoms with Gasteiger partial charge >= 0.3 is 5.69 Å². The first-order valence-corrected chi connectivity index (χ1v) is 3.47. The van der Waals surface area contributed by atoms with Crippen LogP contribution in [0.15, 0.2) is 21.9 Å². The molecule has 1 rings (SSSR count). The number of hydrogen-bond donors (Lipinski definition) is 1. The Labute approximate surface area is 67.7 Å². The van der Waals surface area contributed by atoms with Crippen molar-refractivity contribution in [2.75, 3.05) is 0 Å². The van der Waals surface area contributed by atoms with E-state index >= 15 is 0 Å². The van der Waals surface area contributed by atoms with Gasteiger partial charge in [-0.25, -0.2) is 4.79 Å². The van der Waals surface area contributed by atoms with Gasteiger partial charge in [-0.05, 0) is 0 Å².